The highest BCUT2D eigenvalue weighted by Gasteiger charge is 2.36. The minimum absolute atomic E-state index is 0.150. The first-order valence-corrected chi connectivity index (χ1v) is 8.58. The van der Waals surface area contributed by atoms with E-state index in [0.717, 1.165) is 13.0 Å². The van der Waals surface area contributed by atoms with Gasteiger partial charge in [0.1, 0.15) is 16.5 Å². The van der Waals surface area contributed by atoms with Gasteiger partial charge in [0.05, 0.1) is 30.1 Å². The third kappa shape index (κ3) is 3.70. The van der Waals surface area contributed by atoms with Gasteiger partial charge in [-0.25, -0.2) is 9.37 Å². The van der Waals surface area contributed by atoms with Crippen LogP contribution < -0.4 is 4.90 Å². The average molecular weight is 350 g/mol. The van der Waals surface area contributed by atoms with Gasteiger partial charge in [-0.1, -0.05) is 0 Å². The smallest absolute Gasteiger partial charge is 0.265 e. The van der Waals surface area contributed by atoms with E-state index in [-0.39, 0.29) is 18.3 Å². The summed E-state index contributed by atoms with van der Waals surface area (Å²) in [6.45, 7) is 1.32. The Morgan fingerprint density at radius 3 is 3.00 bits per heavy atom. The standard InChI is InChI=1S/C16H19FN4O2S/c1-20(15(22)13-8-18-11-24-13)9-16(23)5-2-6-21(10-16)14-4-3-12(17)7-19-14/h3-4,7-8,11,23H,2,5-6,9-10H2,1H3/t16-/m0/s1. The molecule has 0 saturated carbocycles. The number of rotatable bonds is 4. The fraction of sp³-hybridized carbons (Fsp3) is 0.438. The molecule has 0 unspecified atom stereocenters. The molecule has 1 aliphatic heterocycles. The van der Waals surface area contributed by atoms with Gasteiger partial charge >= 0.3 is 0 Å². The zero-order valence-electron chi connectivity index (χ0n) is 13.4. The molecule has 1 fully saturated rings. The molecule has 1 saturated heterocycles. The summed E-state index contributed by atoms with van der Waals surface area (Å²) in [6, 6.07) is 2.96. The number of carbonyl (C=O) groups is 1. The molecule has 0 spiro atoms. The molecule has 0 bridgehead atoms. The van der Waals surface area contributed by atoms with E-state index in [0.29, 0.717) is 23.7 Å². The van der Waals surface area contributed by atoms with E-state index in [2.05, 4.69) is 9.97 Å². The summed E-state index contributed by atoms with van der Waals surface area (Å²) in [5.74, 6) is 0.0924. The number of anilines is 1. The average Bonchev–Trinajstić information content (AvgIpc) is 3.08. The van der Waals surface area contributed by atoms with Crippen molar-refractivity contribution < 1.29 is 14.3 Å². The van der Waals surface area contributed by atoms with E-state index in [1.54, 1.807) is 18.6 Å². The molecule has 128 valence electrons. The number of aromatic nitrogens is 2. The van der Waals surface area contributed by atoms with E-state index < -0.39 is 5.60 Å². The van der Waals surface area contributed by atoms with Crippen molar-refractivity contribution in [3.63, 3.8) is 0 Å². The number of aliphatic hydroxyl groups is 1. The van der Waals surface area contributed by atoms with Crippen LogP contribution in [-0.4, -0.2) is 58.2 Å². The predicted octanol–water partition coefficient (Wildman–Crippen LogP) is 1.78. The van der Waals surface area contributed by atoms with Crippen LogP contribution in [0.5, 0.6) is 0 Å². The number of hydrogen-bond donors (Lipinski definition) is 1. The van der Waals surface area contributed by atoms with Crippen molar-refractivity contribution in [1.29, 1.82) is 0 Å². The number of pyridine rings is 1. The van der Waals surface area contributed by atoms with Crippen LogP contribution in [0.15, 0.2) is 30.0 Å². The minimum atomic E-state index is -1.02. The lowest BCUT2D eigenvalue weighted by molar-refractivity contribution is -0.0000189. The molecule has 24 heavy (non-hydrogen) atoms. The molecule has 8 heteroatoms. The number of hydrogen-bond acceptors (Lipinski definition) is 6. The predicted molar refractivity (Wildman–Crippen MR) is 89.7 cm³/mol. The van der Waals surface area contributed by atoms with Crippen LogP contribution in [0.3, 0.4) is 0 Å². The second-order valence-electron chi connectivity index (χ2n) is 6.11. The fourth-order valence-corrected chi connectivity index (χ4v) is 3.63. The quantitative estimate of drug-likeness (QED) is 0.910. The highest BCUT2D eigenvalue weighted by molar-refractivity contribution is 7.11. The van der Waals surface area contributed by atoms with Gasteiger partial charge in [0.15, 0.2) is 0 Å². The summed E-state index contributed by atoms with van der Waals surface area (Å²) in [5.41, 5.74) is 0.585. The van der Waals surface area contributed by atoms with Gasteiger partial charge in [0.2, 0.25) is 0 Å². The molecule has 1 amide bonds. The van der Waals surface area contributed by atoms with E-state index in [1.807, 2.05) is 4.90 Å². The van der Waals surface area contributed by atoms with Crippen LogP contribution in [0, 0.1) is 5.82 Å². The van der Waals surface area contributed by atoms with Crippen molar-refractivity contribution in [1.82, 2.24) is 14.9 Å². The molecule has 2 aromatic rings. The Labute approximate surface area is 143 Å². The summed E-state index contributed by atoms with van der Waals surface area (Å²) in [7, 11) is 1.68. The van der Waals surface area contributed by atoms with Gasteiger partial charge in [0, 0.05) is 20.1 Å². The van der Waals surface area contributed by atoms with Gasteiger partial charge in [-0.2, -0.15) is 0 Å². The van der Waals surface area contributed by atoms with Crippen molar-refractivity contribution in [2.24, 2.45) is 0 Å². The molecular formula is C16H19FN4O2S. The van der Waals surface area contributed by atoms with Crippen LogP contribution in [0.1, 0.15) is 22.5 Å². The lowest BCUT2D eigenvalue weighted by Crippen LogP contribution is -2.54. The molecule has 0 aromatic carbocycles. The van der Waals surface area contributed by atoms with E-state index in [9.17, 15) is 14.3 Å². The van der Waals surface area contributed by atoms with Crippen molar-refractivity contribution in [3.8, 4) is 0 Å². The van der Waals surface area contributed by atoms with Crippen molar-refractivity contribution in [3.05, 3.63) is 40.7 Å². The number of nitrogens with zero attached hydrogens (tertiary/aromatic N) is 4. The van der Waals surface area contributed by atoms with E-state index in [1.165, 1.54) is 34.7 Å². The Hall–Kier alpha value is -2.06. The number of halogens is 1. The largest absolute Gasteiger partial charge is 0.386 e. The molecule has 1 N–H and O–H groups in total. The number of amides is 1. The lowest BCUT2D eigenvalue weighted by atomic mass is 9.92. The highest BCUT2D eigenvalue weighted by atomic mass is 32.1. The van der Waals surface area contributed by atoms with Gasteiger partial charge in [-0.05, 0) is 25.0 Å². The van der Waals surface area contributed by atoms with E-state index in [4.69, 9.17) is 0 Å². The van der Waals surface area contributed by atoms with Gasteiger partial charge in [-0.15, -0.1) is 11.3 Å². The summed E-state index contributed by atoms with van der Waals surface area (Å²) < 4.78 is 13.0. The zero-order valence-corrected chi connectivity index (χ0v) is 14.2. The number of carbonyl (C=O) groups excluding carboxylic acids is 1. The molecular weight excluding hydrogens is 331 g/mol. The number of β-amino-alcohol motifs (C(OH)–C–C–N with tert-alkyl or cyclic N) is 1. The van der Waals surface area contributed by atoms with Crippen molar-refractivity contribution >= 4 is 23.1 Å². The third-order valence-electron chi connectivity index (χ3n) is 4.11. The topological polar surface area (TPSA) is 69.6 Å². The molecule has 0 aliphatic carbocycles. The van der Waals surface area contributed by atoms with Gasteiger partial charge in [-0.3, -0.25) is 9.78 Å². The monoisotopic (exact) mass is 350 g/mol. The Balaban J connectivity index is 1.68. The molecule has 3 rings (SSSR count). The highest BCUT2D eigenvalue weighted by Crippen LogP contribution is 2.26. The summed E-state index contributed by atoms with van der Waals surface area (Å²) in [4.78, 5) is 24.3. The Morgan fingerprint density at radius 1 is 1.50 bits per heavy atom. The van der Waals surface area contributed by atoms with Crippen LogP contribution in [-0.2, 0) is 0 Å². The normalized spacial score (nSPS) is 20.9. The van der Waals surface area contributed by atoms with Crippen LogP contribution in [0.25, 0.3) is 0 Å². The maximum Gasteiger partial charge on any atom is 0.265 e. The molecule has 1 aliphatic rings. The third-order valence-corrected chi connectivity index (χ3v) is 4.87. The van der Waals surface area contributed by atoms with Crippen LogP contribution in [0.4, 0.5) is 10.2 Å². The first-order valence-electron chi connectivity index (χ1n) is 7.70. The molecule has 0 radical (unpaired) electrons. The van der Waals surface area contributed by atoms with Crippen molar-refractivity contribution in [2.45, 2.75) is 18.4 Å². The van der Waals surface area contributed by atoms with Crippen LogP contribution in [0.2, 0.25) is 0 Å². The summed E-state index contributed by atoms with van der Waals surface area (Å²) in [5, 5.41) is 10.9. The van der Waals surface area contributed by atoms with Crippen molar-refractivity contribution in [2.75, 3.05) is 31.6 Å². The molecule has 3 heterocycles. The lowest BCUT2D eigenvalue weighted by Gasteiger charge is -2.41. The second-order valence-corrected chi connectivity index (χ2v) is 7.00. The fourth-order valence-electron chi connectivity index (χ4n) is 3.01. The van der Waals surface area contributed by atoms with Gasteiger partial charge < -0.3 is 14.9 Å². The zero-order chi connectivity index (χ0) is 17.2. The number of thiazole rings is 1. The summed E-state index contributed by atoms with van der Waals surface area (Å²) >= 11 is 1.28. The van der Waals surface area contributed by atoms with Gasteiger partial charge in [0.25, 0.3) is 5.91 Å². The SMILES string of the molecule is CN(C[C@@]1(O)CCCN(c2ccc(F)cn2)C1)C(=O)c1cncs1. The molecule has 2 aromatic heterocycles. The maximum absolute atomic E-state index is 13.0. The molecule has 1 atom stereocenters. The Bertz CT molecular complexity index is 695. The minimum Gasteiger partial charge on any atom is -0.386 e. The first-order chi connectivity index (χ1) is 11.5. The first kappa shape index (κ1) is 16.8. The molecule has 6 nitrogen and oxygen atoms in total. The van der Waals surface area contributed by atoms with Crippen LogP contribution >= 0.6 is 11.3 Å². The Morgan fingerprint density at radius 2 is 2.33 bits per heavy atom. The summed E-state index contributed by atoms with van der Waals surface area (Å²) in [6.07, 6.45) is 4.08. The maximum atomic E-state index is 13.0. The second kappa shape index (κ2) is 6.82. The number of likely N-dealkylation sites (N-methyl/N-ethyl adjacent to an activating group) is 1. The van der Waals surface area contributed by atoms with E-state index >= 15 is 0 Å². The number of piperidine rings is 1. The Kier molecular flexibility index (Phi) is 4.77.